The molecule has 4 aliphatic carbocycles. The number of hydrogen-bond donors (Lipinski definition) is 9. The molecule has 0 aromatic carbocycles. The van der Waals surface area contributed by atoms with Crippen molar-refractivity contribution in [3.8, 4) is 0 Å². The van der Waals surface area contributed by atoms with Crippen molar-refractivity contribution >= 4 is 0 Å². The molecule has 17 nitrogen and oxygen atoms in total. The van der Waals surface area contributed by atoms with Gasteiger partial charge in [0.25, 0.3) is 0 Å². The van der Waals surface area contributed by atoms with Gasteiger partial charge >= 0.3 is 0 Å². The standard InChI is InChI=1S/C44H70O17/c1-19-8-13-43(54-18-19)21(3)44(53)29(61-43)15-26-24-7-6-22-14-23(9-11-41(22,4)25(24)10-12-42(26,44)5)56-40-35(52)37(60-38-34(51)32(49)30(47)20(2)55-38)36(28(17-46)58-40)59-39-33(50)31(48)27(16-45)57-39/h6,19-21,23-40,45-53H,7-18H2,1-5H3/t19-,20+,21+,23+,24-,25-,26+,27+,28-,29+,30+,31+,32-,33+,34-,35+,36-,37-,38+,39+,40-,41+,42+,43-,44-/m1/s1. The minimum atomic E-state index is -1.74. The van der Waals surface area contributed by atoms with Crippen LogP contribution in [0.1, 0.15) is 92.4 Å². The minimum Gasteiger partial charge on any atom is -0.394 e. The molecule has 9 rings (SSSR count). The van der Waals surface area contributed by atoms with Crippen molar-refractivity contribution in [3.05, 3.63) is 11.6 Å². The number of ether oxygens (including phenoxy) is 8. The Bertz CT molecular complexity index is 1610. The molecular formula is C44H70O17. The van der Waals surface area contributed by atoms with Gasteiger partial charge in [0.2, 0.25) is 0 Å². The lowest BCUT2D eigenvalue weighted by atomic mass is 9.46. The van der Waals surface area contributed by atoms with Crippen LogP contribution in [0.5, 0.6) is 0 Å². The fourth-order valence-corrected chi connectivity index (χ4v) is 13.8. The molecule has 0 unspecified atom stereocenters. The molecule has 3 saturated carbocycles. The number of aliphatic hydroxyl groups is 9. The van der Waals surface area contributed by atoms with Crippen molar-refractivity contribution in [3.63, 3.8) is 0 Å². The van der Waals surface area contributed by atoms with Crippen molar-refractivity contribution in [2.45, 2.75) is 202 Å². The summed E-state index contributed by atoms with van der Waals surface area (Å²) in [5.41, 5.74) is -0.0704. The predicted molar refractivity (Wildman–Crippen MR) is 210 cm³/mol. The number of rotatable bonds is 8. The van der Waals surface area contributed by atoms with E-state index in [0.717, 1.165) is 44.9 Å². The molecule has 5 saturated heterocycles. The van der Waals surface area contributed by atoms with Crippen LogP contribution in [0.3, 0.4) is 0 Å². The summed E-state index contributed by atoms with van der Waals surface area (Å²) in [5, 5.41) is 97.8. The van der Waals surface area contributed by atoms with Gasteiger partial charge in [-0.1, -0.05) is 39.3 Å². The van der Waals surface area contributed by atoms with Crippen LogP contribution >= 0.6 is 0 Å². The van der Waals surface area contributed by atoms with Gasteiger partial charge in [-0.15, -0.1) is 0 Å². The van der Waals surface area contributed by atoms with Crippen LogP contribution in [0, 0.1) is 40.4 Å². The summed E-state index contributed by atoms with van der Waals surface area (Å²) in [5.74, 6) is 0.726. The zero-order chi connectivity index (χ0) is 43.6. The molecule has 17 heteroatoms. The van der Waals surface area contributed by atoms with Gasteiger partial charge in [0.1, 0.15) is 66.6 Å². The van der Waals surface area contributed by atoms with E-state index >= 15 is 0 Å². The first kappa shape index (κ1) is 45.2. The van der Waals surface area contributed by atoms with Crippen molar-refractivity contribution in [1.82, 2.24) is 0 Å². The third kappa shape index (κ3) is 6.97. The Hall–Kier alpha value is -0.940. The van der Waals surface area contributed by atoms with Gasteiger partial charge in [0.05, 0.1) is 38.1 Å². The fourth-order valence-electron chi connectivity index (χ4n) is 13.8. The average Bonchev–Trinajstić information content (AvgIpc) is 3.74. The minimum absolute atomic E-state index is 0.0966. The molecule has 9 N–H and O–H groups in total. The highest BCUT2D eigenvalue weighted by Gasteiger charge is 2.76. The average molecular weight is 871 g/mol. The second-order valence-electron chi connectivity index (χ2n) is 20.7. The van der Waals surface area contributed by atoms with E-state index in [-0.39, 0.29) is 29.0 Å². The molecule has 0 aromatic heterocycles. The van der Waals surface area contributed by atoms with E-state index in [0.29, 0.717) is 43.1 Å². The van der Waals surface area contributed by atoms with Crippen LogP contribution in [0.4, 0.5) is 0 Å². The molecule has 0 aromatic rings. The third-order valence-corrected chi connectivity index (χ3v) is 17.6. The van der Waals surface area contributed by atoms with E-state index in [4.69, 9.17) is 37.9 Å². The van der Waals surface area contributed by atoms with Crippen LogP contribution in [0.25, 0.3) is 0 Å². The lowest BCUT2D eigenvalue weighted by Crippen LogP contribution is -2.65. The first-order valence-electron chi connectivity index (χ1n) is 22.9. The Morgan fingerprint density at radius 2 is 1.38 bits per heavy atom. The van der Waals surface area contributed by atoms with Gasteiger partial charge in [-0.2, -0.15) is 0 Å². The van der Waals surface area contributed by atoms with Crippen LogP contribution in [0.2, 0.25) is 0 Å². The summed E-state index contributed by atoms with van der Waals surface area (Å²) in [6.45, 7) is 9.86. The van der Waals surface area contributed by atoms with Gasteiger partial charge in [-0.25, -0.2) is 0 Å². The summed E-state index contributed by atoms with van der Waals surface area (Å²) >= 11 is 0. The van der Waals surface area contributed by atoms with Crippen LogP contribution in [-0.2, 0) is 37.9 Å². The molecule has 348 valence electrons. The normalized spacial score (nSPS) is 58.2. The summed E-state index contributed by atoms with van der Waals surface area (Å²) in [7, 11) is 0. The number of aliphatic hydroxyl groups excluding tert-OH is 8. The summed E-state index contributed by atoms with van der Waals surface area (Å²) in [6.07, 6.45) is -11.1. The van der Waals surface area contributed by atoms with Gasteiger partial charge in [0.15, 0.2) is 24.7 Å². The molecule has 8 fully saturated rings. The Morgan fingerprint density at radius 3 is 2.07 bits per heavy atom. The predicted octanol–water partition coefficient (Wildman–Crippen LogP) is -0.0319. The van der Waals surface area contributed by atoms with E-state index < -0.39 is 111 Å². The van der Waals surface area contributed by atoms with E-state index in [1.54, 1.807) is 0 Å². The molecule has 25 atom stereocenters. The molecule has 5 aliphatic heterocycles. The Kier molecular flexibility index (Phi) is 12.2. The van der Waals surface area contributed by atoms with Crippen molar-refractivity contribution in [1.29, 1.82) is 0 Å². The zero-order valence-electron chi connectivity index (χ0n) is 36.0. The third-order valence-electron chi connectivity index (χ3n) is 17.6. The Morgan fingerprint density at radius 1 is 0.705 bits per heavy atom. The van der Waals surface area contributed by atoms with Crippen molar-refractivity contribution < 1.29 is 83.9 Å². The molecule has 0 bridgehead atoms. The molecule has 0 amide bonds. The second kappa shape index (κ2) is 16.4. The summed E-state index contributed by atoms with van der Waals surface area (Å²) in [4.78, 5) is 0. The maximum absolute atomic E-state index is 12.8. The zero-order valence-corrected chi connectivity index (χ0v) is 36.0. The maximum Gasteiger partial charge on any atom is 0.187 e. The number of fused-ring (bicyclic) bond motifs is 7. The van der Waals surface area contributed by atoms with Gasteiger partial charge in [-0.05, 0) is 87.4 Å². The van der Waals surface area contributed by atoms with E-state index in [2.05, 4.69) is 33.8 Å². The van der Waals surface area contributed by atoms with Gasteiger partial charge in [0, 0.05) is 17.8 Å². The SMILES string of the molecule is C[C@@H]1CC[C@@]2(OC1)O[C@H]1C[C@H]3[C@@H]4CC=C5C[C@@H](O[C@@H]6O[C@H](CO)[C@@H](O[C@@H]7O[C@@H](CO)[C@H](O)[C@@H]7O)[C@H](O[C@@H]7O[C@@H](C)[C@H](O)[C@@H](O)[C@H]7O)[C@@H]6O)CC[C@]5(C)[C@@H]4CC[C@]3(C)[C@@]1(O)[C@H]2C. The number of hydrogen-bond acceptors (Lipinski definition) is 17. The Labute approximate surface area is 357 Å². The highest BCUT2D eigenvalue weighted by Crippen LogP contribution is 2.72. The molecule has 5 heterocycles. The molecule has 61 heavy (non-hydrogen) atoms. The molecule has 9 aliphatic rings. The van der Waals surface area contributed by atoms with Crippen molar-refractivity contribution in [2.24, 2.45) is 40.4 Å². The van der Waals surface area contributed by atoms with Gasteiger partial charge in [-0.3, -0.25) is 0 Å². The summed E-state index contributed by atoms with van der Waals surface area (Å²) < 4.78 is 49.4. The highest BCUT2D eigenvalue weighted by molar-refractivity contribution is 5.29. The first-order chi connectivity index (χ1) is 28.9. The maximum atomic E-state index is 12.8. The topological polar surface area (TPSA) is 256 Å². The van der Waals surface area contributed by atoms with Crippen LogP contribution in [-0.4, -0.2) is 175 Å². The van der Waals surface area contributed by atoms with E-state index in [1.165, 1.54) is 12.5 Å². The first-order valence-corrected chi connectivity index (χ1v) is 22.9. The van der Waals surface area contributed by atoms with Crippen LogP contribution < -0.4 is 0 Å². The monoisotopic (exact) mass is 870 g/mol. The molecular weight excluding hydrogens is 800 g/mol. The fraction of sp³-hybridized carbons (Fsp3) is 0.955. The van der Waals surface area contributed by atoms with Gasteiger partial charge < -0.3 is 83.9 Å². The lowest BCUT2D eigenvalue weighted by molar-refractivity contribution is -0.376. The quantitative estimate of drug-likeness (QED) is 0.145. The Balaban J connectivity index is 0.909. The molecule has 1 spiro atoms. The van der Waals surface area contributed by atoms with E-state index in [1.807, 2.05) is 0 Å². The summed E-state index contributed by atoms with van der Waals surface area (Å²) in [6, 6.07) is 0. The van der Waals surface area contributed by atoms with E-state index in [9.17, 15) is 46.0 Å². The smallest absolute Gasteiger partial charge is 0.187 e. The second-order valence-corrected chi connectivity index (χ2v) is 20.7. The lowest BCUT2D eigenvalue weighted by Gasteiger charge is -2.60. The highest BCUT2D eigenvalue weighted by atomic mass is 16.8. The van der Waals surface area contributed by atoms with Crippen molar-refractivity contribution in [2.75, 3.05) is 19.8 Å². The van der Waals surface area contributed by atoms with Crippen LogP contribution in [0.15, 0.2) is 11.6 Å². The largest absolute Gasteiger partial charge is 0.394 e. The molecule has 0 radical (unpaired) electrons. The number of allylic oxidation sites excluding steroid dienone is 1.